The first-order chi connectivity index (χ1) is 22.8. The van der Waals surface area contributed by atoms with Gasteiger partial charge < -0.3 is 19.3 Å². The van der Waals surface area contributed by atoms with E-state index >= 15 is 0 Å². The lowest BCUT2D eigenvalue weighted by Gasteiger charge is -2.17. The Kier molecular flexibility index (Phi) is 14.8. The molecule has 0 saturated carbocycles. The van der Waals surface area contributed by atoms with Gasteiger partial charge in [0.05, 0.1) is 14.2 Å². The van der Waals surface area contributed by atoms with Crippen molar-refractivity contribution in [2.75, 3.05) is 42.4 Å². The van der Waals surface area contributed by atoms with E-state index in [4.69, 9.17) is 9.47 Å². The molecule has 1 unspecified atom stereocenters. The monoisotopic (exact) mass is 826 g/mol. The highest BCUT2D eigenvalue weighted by atomic mass is 79.9. The minimum atomic E-state index is 0.116. The standard InChI is InChI=1S/C19H20BrNO2.C10H10BrNO.C9H11BrO/c1-23-18-4-2-3-14(13-18)5-6-15-11-12-21(19(15)22)17-9-7-16(20)8-10-17;11-8-3-5-9(6-4-8)12-7-1-2-10(12)13;1-11-9-4-2-3-8(7-9)5-6-10/h2-4,7-10,13,15H,5-6,11-12H2,1H3;3-6H,1-2,7H2;2-4,7H,5-6H2,1H3. The largest absolute Gasteiger partial charge is 0.497 e. The molecule has 1 atom stereocenters. The van der Waals surface area contributed by atoms with E-state index in [-0.39, 0.29) is 17.7 Å². The fourth-order valence-electron chi connectivity index (χ4n) is 5.53. The Hall–Kier alpha value is -3.14. The third-order valence-corrected chi connectivity index (χ3v) is 9.55. The van der Waals surface area contributed by atoms with E-state index in [1.54, 1.807) is 14.2 Å². The lowest BCUT2D eigenvalue weighted by molar-refractivity contribution is -0.120. The van der Waals surface area contributed by atoms with Gasteiger partial charge in [0.2, 0.25) is 11.8 Å². The number of amides is 2. The molecule has 2 amide bonds. The molecule has 248 valence electrons. The zero-order valence-electron chi connectivity index (χ0n) is 26.8. The predicted octanol–water partition coefficient (Wildman–Crippen LogP) is 9.65. The molecular weight excluding hydrogens is 788 g/mol. The highest BCUT2D eigenvalue weighted by Gasteiger charge is 2.32. The van der Waals surface area contributed by atoms with Gasteiger partial charge in [-0.05, 0) is 116 Å². The number of benzene rings is 4. The van der Waals surface area contributed by atoms with E-state index in [2.05, 4.69) is 66.0 Å². The Morgan fingerprint density at radius 1 is 0.702 bits per heavy atom. The van der Waals surface area contributed by atoms with E-state index in [1.165, 1.54) is 11.1 Å². The van der Waals surface area contributed by atoms with E-state index in [0.717, 1.165) is 82.3 Å². The number of hydrogen-bond donors (Lipinski definition) is 0. The highest BCUT2D eigenvalue weighted by Crippen LogP contribution is 2.29. The minimum Gasteiger partial charge on any atom is -0.497 e. The molecule has 0 bridgehead atoms. The summed E-state index contributed by atoms with van der Waals surface area (Å²) in [6.45, 7) is 1.67. The van der Waals surface area contributed by atoms with Crippen molar-refractivity contribution in [3.8, 4) is 11.5 Å². The molecule has 2 aliphatic rings. The van der Waals surface area contributed by atoms with Crippen LogP contribution >= 0.6 is 47.8 Å². The van der Waals surface area contributed by atoms with E-state index in [0.29, 0.717) is 6.42 Å². The third-order valence-electron chi connectivity index (χ3n) is 8.10. The Bertz CT molecular complexity index is 1580. The molecule has 2 heterocycles. The summed E-state index contributed by atoms with van der Waals surface area (Å²) < 4.78 is 12.4. The maximum absolute atomic E-state index is 12.6. The topological polar surface area (TPSA) is 59.1 Å². The fraction of sp³-hybridized carbons (Fsp3) is 0.316. The molecule has 6 nitrogen and oxygen atoms in total. The second-order valence-corrected chi connectivity index (χ2v) is 13.9. The molecule has 2 saturated heterocycles. The van der Waals surface area contributed by atoms with Crippen molar-refractivity contribution in [1.82, 2.24) is 0 Å². The molecular formula is C38H41Br3N2O4. The molecule has 4 aromatic carbocycles. The van der Waals surface area contributed by atoms with E-state index < -0.39 is 0 Å². The number of aryl methyl sites for hydroxylation is 2. The summed E-state index contributed by atoms with van der Waals surface area (Å²) in [5.41, 5.74) is 4.52. The number of halogens is 3. The van der Waals surface area contributed by atoms with Crippen LogP contribution in [0.5, 0.6) is 11.5 Å². The summed E-state index contributed by atoms with van der Waals surface area (Å²) >= 11 is 10.2. The lowest BCUT2D eigenvalue weighted by atomic mass is 9.98. The summed E-state index contributed by atoms with van der Waals surface area (Å²) in [4.78, 5) is 27.7. The Balaban J connectivity index is 0.000000176. The molecule has 2 aliphatic heterocycles. The number of ether oxygens (including phenoxy) is 2. The number of methoxy groups -OCH3 is 2. The van der Waals surface area contributed by atoms with Crippen LogP contribution in [-0.2, 0) is 22.4 Å². The van der Waals surface area contributed by atoms with Crippen molar-refractivity contribution < 1.29 is 19.1 Å². The molecule has 0 N–H and O–H groups in total. The fourth-order valence-corrected chi connectivity index (χ4v) is 6.52. The van der Waals surface area contributed by atoms with Crippen molar-refractivity contribution in [3.63, 3.8) is 0 Å². The van der Waals surface area contributed by atoms with E-state index in [1.807, 2.05) is 88.7 Å². The maximum Gasteiger partial charge on any atom is 0.230 e. The first-order valence-electron chi connectivity index (χ1n) is 15.8. The SMILES string of the molecule is COc1cccc(CCBr)c1.COc1cccc(CCC2CCN(c3ccc(Br)cc3)C2=O)c1.O=C1CCCN1c1ccc(Br)cc1. The number of carbonyl (C=O) groups is 2. The molecule has 4 aromatic rings. The maximum atomic E-state index is 12.6. The number of rotatable bonds is 9. The number of carbonyl (C=O) groups excluding carboxylic acids is 2. The summed E-state index contributed by atoms with van der Waals surface area (Å²) in [5.74, 6) is 2.41. The highest BCUT2D eigenvalue weighted by molar-refractivity contribution is 9.10. The number of hydrogen-bond acceptors (Lipinski definition) is 4. The van der Waals surface area contributed by atoms with Crippen molar-refractivity contribution in [1.29, 1.82) is 0 Å². The Morgan fingerprint density at radius 2 is 1.23 bits per heavy atom. The van der Waals surface area contributed by atoms with Crippen LogP contribution < -0.4 is 19.3 Å². The van der Waals surface area contributed by atoms with Crippen LogP contribution in [0.2, 0.25) is 0 Å². The average Bonchev–Trinajstić information content (AvgIpc) is 3.70. The van der Waals surface area contributed by atoms with Gasteiger partial charge >= 0.3 is 0 Å². The van der Waals surface area contributed by atoms with Gasteiger partial charge in [0.15, 0.2) is 0 Å². The van der Waals surface area contributed by atoms with Crippen molar-refractivity contribution in [2.24, 2.45) is 5.92 Å². The van der Waals surface area contributed by atoms with E-state index in [9.17, 15) is 9.59 Å². The summed E-state index contributed by atoms with van der Waals surface area (Å²) in [5, 5.41) is 1.00. The van der Waals surface area contributed by atoms with Crippen LogP contribution in [0.1, 0.15) is 36.8 Å². The number of anilines is 2. The van der Waals surface area contributed by atoms with Gasteiger partial charge in [-0.2, -0.15) is 0 Å². The molecule has 2 fully saturated rings. The molecule has 6 rings (SSSR count). The summed E-state index contributed by atoms with van der Waals surface area (Å²) in [6.07, 6.45) is 5.45. The molecule has 0 spiro atoms. The van der Waals surface area contributed by atoms with Crippen LogP contribution in [0, 0.1) is 5.92 Å². The zero-order chi connectivity index (χ0) is 33.6. The molecule has 47 heavy (non-hydrogen) atoms. The normalized spacial score (nSPS) is 15.5. The summed E-state index contributed by atoms with van der Waals surface area (Å²) in [6, 6.07) is 32.0. The second kappa shape index (κ2) is 19.0. The third kappa shape index (κ3) is 11.2. The van der Waals surface area contributed by atoms with Gasteiger partial charge in [0.1, 0.15) is 11.5 Å². The van der Waals surface area contributed by atoms with Gasteiger partial charge in [-0.25, -0.2) is 0 Å². The molecule has 0 radical (unpaired) electrons. The van der Waals surface area contributed by atoms with Crippen LogP contribution in [0.25, 0.3) is 0 Å². The quantitative estimate of drug-likeness (QED) is 0.158. The molecule has 0 aliphatic carbocycles. The molecule has 0 aromatic heterocycles. The van der Waals surface area contributed by atoms with Gasteiger partial charge in [-0.3, -0.25) is 9.59 Å². The Labute approximate surface area is 303 Å². The predicted molar refractivity (Wildman–Crippen MR) is 202 cm³/mol. The average molecular weight is 829 g/mol. The van der Waals surface area contributed by atoms with Crippen molar-refractivity contribution in [3.05, 3.63) is 117 Å². The van der Waals surface area contributed by atoms with Gasteiger partial charge in [-0.1, -0.05) is 72.1 Å². The van der Waals surface area contributed by atoms with Gasteiger partial charge in [0.25, 0.3) is 0 Å². The second-order valence-electron chi connectivity index (χ2n) is 11.3. The smallest absolute Gasteiger partial charge is 0.230 e. The van der Waals surface area contributed by atoms with Gasteiger partial charge in [0, 0.05) is 51.1 Å². The first-order valence-corrected chi connectivity index (χ1v) is 18.5. The first kappa shape index (κ1) is 36.7. The number of nitrogens with zero attached hydrogens (tertiary/aromatic N) is 2. The Morgan fingerprint density at radius 3 is 1.72 bits per heavy atom. The zero-order valence-corrected chi connectivity index (χ0v) is 31.6. The van der Waals surface area contributed by atoms with Crippen LogP contribution in [0.3, 0.4) is 0 Å². The minimum absolute atomic E-state index is 0.116. The van der Waals surface area contributed by atoms with Crippen LogP contribution in [-0.4, -0.2) is 44.5 Å². The lowest BCUT2D eigenvalue weighted by Crippen LogP contribution is -2.27. The van der Waals surface area contributed by atoms with Crippen molar-refractivity contribution >= 4 is 71.0 Å². The van der Waals surface area contributed by atoms with Crippen LogP contribution in [0.15, 0.2) is 106 Å². The van der Waals surface area contributed by atoms with Gasteiger partial charge in [-0.15, -0.1) is 0 Å². The number of alkyl halides is 1. The summed E-state index contributed by atoms with van der Waals surface area (Å²) in [7, 11) is 3.36. The van der Waals surface area contributed by atoms with Crippen molar-refractivity contribution in [2.45, 2.75) is 38.5 Å². The van der Waals surface area contributed by atoms with Crippen LogP contribution in [0.4, 0.5) is 11.4 Å². The molecule has 9 heteroatoms.